The summed E-state index contributed by atoms with van der Waals surface area (Å²) in [6.07, 6.45) is 1.04. The molecule has 0 spiro atoms. The smallest absolute Gasteiger partial charge is 0.127 e. The van der Waals surface area contributed by atoms with E-state index >= 15 is 0 Å². The van der Waals surface area contributed by atoms with Crippen LogP contribution >= 0.6 is 0 Å². The fourth-order valence-electron chi connectivity index (χ4n) is 1.84. The summed E-state index contributed by atoms with van der Waals surface area (Å²) in [6.45, 7) is 1.92. The van der Waals surface area contributed by atoms with Crippen molar-refractivity contribution in [1.82, 2.24) is 5.32 Å². The Hall–Kier alpha value is -1.22. The topological polar surface area (TPSA) is 30.5 Å². The van der Waals surface area contributed by atoms with E-state index in [2.05, 4.69) is 11.4 Å². The van der Waals surface area contributed by atoms with E-state index in [1.165, 1.54) is 11.1 Å². The molecule has 0 saturated carbocycles. The normalized spacial score (nSPS) is 14.7. The minimum absolute atomic E-state index is 0.877. The molecule has 0 amide bonds. The van der Waals surface area contributed by atoms with Gasteiger partial charge in [-0.25, -0.2) is 0 Å². The number of benzene rings is 1. The molecular formula is C11H15NO2. The summed E-state index contributed by atoms with van der Waals surface area (Å²) < 4.78 is 10.6. The van der Waals surface area contributed by atoms with Gasteiger partial charge < -0.3 is 14.8 Å². The number of ether oxygens (including phenoxy) is 2. The van der Waals surface area contributed by atoms with Gasteiger partial charge in [-0.05, 0) is 24.6 Å². The van der Waals surface area contributed by atoms with Crippen molar-refractivity contribution in [3.05, 3.63) is 23.3 Å². The highest BCUT2D eigenvalue weighted by molar-refractivity contribution is 5.47. The number of hydrogen-bond acceptors (Lipinski definition) is 3. The quantitative estimate of drug-likeness (QED) is 0.769. The molecular weight excluding hydrogens is 178 g/mol. The Kier molecular flexibility index (Phi) is 2.59. The summed E-state index contributed by atoms with van der Waals surface area (Å²) in [5, 5.41) is 3.33. The van der Waals surface area contributed by atoms with E-state index in [0.29, 0.717) is 0 Å². The van der Waals surface area contributed by atoms with Gasteiger partial charge in [0.15, 0.2) is 0 Å². The number of fused-ring (bicyclic) bond motifs is 1. The van der Waals surface area contributed by atoms with Crippen molar-refractivity contribution in [3.63, 3.8) is 0 Å². The lowest BCUT2D eigenvalue weighted by Gasteiger charge is -2.20. The lowest BCUT2D eigenvalue weighted by atomic mass is 10.00. The molecule has 0 saturated heterocycles. The zero-order chi connectivity index (χ0) is 9.97. The average Bonchev–Trinajstić information content (AvgIpc) is 2.27. The van der Waals surface area contributed by atoms with Gasteiger partial charge in [0, 0.05) is 18.2 Å². The third-order valence-electron chi connectivity index (χ3n) is 2.60. The molecule has 0 aliphatic carbocycles. The summed E-state index contributed by atoms with van der Waals surface area (Å²) in [4.78, 5) is 0. The summed E-state index contributed by atoms with van der Waals surface area (Å²) >= 11 is 0. The first-order chi connectivity index (χ1) is 6.85. The van der Waals surface area contributed by atoms with Gasteiger partial charge in [0.1, 0.15) is 11.5 Å². The van der Waals surface area contributed by atoms with E-state index in [0.717, 1.165) is 31.0 Å². The molecule has 1 aliphatic heterocycles. The molecule has 3 nitrogen and oxygen atoms in total. The molecule has 2 rings (SSSR count). The molecule has 3 heteroatoms. The minimum Gasteiger partial charge on any atom is -0.497 e. The van der Waals surface area contributed by atoms with Crippen LogP contribution in [0.5, 0.6) is 11.5 Å². The maximum atomic E-state index is 5.34. The molecule has 0 unspecified atom stereocenters. The van der Waals surface area contributed by atoms with E-state index in [9.17, 15) is 0 Å². The van der Waals surface area contributed by atoms with Crippen LogP contribution < -0.4 is 14.8 Å². The van der Waals surface area contributed by atoms with Crippen molar-refractivity contribution in [1.29, 1.82) is 0 Å². The second-order valence-electron chi connectivity index (χ2n) is 3.39. The Morgan fingerprint density at radius 1 is 1.21 bits per heavy atom. The van der Waals surface area contributed by atoms with Crippen LogP contribution in [-0.2, 0) is 13.0 Å². The Morgan fingerprint density at radius 2 is 2.07 bits per heavy atom. The fourth-order valence-corrected chi connectivity index (χ4v) is 1.84. The van der Waals surface area contributed by atoms with E-state index in [4.69, 9.17) is 9.47 Å². The molecule has 0 bridgehead atoms. The zero-order valence-electron chi connectivity index (χ0n) is 8.59. The maximum Gasteiger partial charge on any atom is 0.127 e. The lowest BCUT2D eigenvalue weighted by Crippen LogP contribution is -2.24. The minimum atomic E-state index is 0.877. The molecule has 1 N–H and O–H groups in total. The molecule has 1 aromatic rings. The number of hydrogen-bond donors (Lipinski definition) is 1. The van der Waals surface area contributed by atoms with Gasteiger partial charge in [-0.3, -0.25) is 0 Å². The predicted octanol–water partition coefficient (Wildman–Crippen LogP) is 1.35. The standard InChI is InChI=1S/C11H15NO2/c1-13-9-5-8-3-4-12-7-10(8)11(6-9)14-2/h5-6,12H,3-4,7H2,1-2H3. The molecule has 0 atom stereocenters. The molecule has 1 aromatic carbocycles. The maximum absolute atomic E-state index is 5.34. The van der Waals surface area contributed by atoms with E-state index in [1.807, 2.05) is 6.07 Å². The van der Waals surface area contributed by atoms with Crippen LogP contribution in [0.2, 0.25) is 0 Å². The van der Waals surface area contributed by atoms with Gasteiger partial charge in [0.2, 0.25) is 0 Å². The Labute approximate surface area is 84.0 Å². The lowest BCUT2D eigenvalue weighted by molar-refractivity contribution is 0.386. The summed E-state index contributed by atoms with van der Waals surface area (Å²) in [6, 6.07) is 4.03. The van der Waals surface area contributed by atoms with Gasteiger partial charge in [-0.2, -0.15) is 0 Å². The van der Waals surface area contributed by atoms with Crippen LogP contribution in [0.25, 0.3) is 0 Å². The molecule has 0 radical (unpaired) electrons. The molecule has 76 valence electrons. The van der Waals surface area contributed by atoms with E-state index in [-0.39, 0.29) is 0 Å². The highest BCUT2D eigenvalue weighted by Gasteiger charge is 2.14. The first-order valence-corrected chi connectivity index (χ1v) is 4.79. The average molecular weight is 193 g/mol. The van der Waals surface area contributed by atoms with Crippen molar-refractivity contribution >= 4 is 0 Å². The number of rotatable bonds is 2. The number of nitrogens with one attached hydrogen (secondary N) is 1. The zero-order valence-corrected chi connectivity index (χ0v) is 8.59. The van der Waals surface area contributed by atoms with Gasteiger partial charge >= 0.3 is 0 Å². The fraction of sp³-hybridized carbons (Fsp3) is 0.455. The summed E-state index contributed by atoms with van der Waals surface area (Å²) in [5.41, 5.74) is 2.60. The second-order valence-corrected chi connectivity index (χ2v) is 3.39. The van der Waals surface area contributed by atoms with E-state index < -0.39 is 0 Å². The van der Waals surface area contributed by atoms with Crippen molar-refractivity contribution in [2.24, 2.45) is 0 Å². The van der Waals surface area contributed by atoms with Crippen LogP contribution in [0.15, 0.2) is 12.1 Å². The van der Waals surface area contributed by atoms with Crippen LogP contribution in [0.4, 0.5) is 0 Å². The van der Waals surface area contributed by atoms with Crippen molar-refractivity contribution in [2.45, 2.75) is 13.0 Å². The van der Waals surface area contributed by atoms with Crippen LogP contribution in [0.3, 0.4) is 0 Å². The number of methoxy groups -OCH3 is 2. The monoisotopic (exact) mass is 193 g/mol. The Balaban J connectivity index is 2.47. The van der Waals surface area contributed by atoms with Gasteiger partial charge in [0.25, 0.3) is 0 Å². The van der Waals surface area contributed by atoms with Crippen LogP contribution in [-0.4, -0.2) is 20.8 Å². The largest absolute Gasteiger partial charge is 0.497 e. The Morgan fingerprint density at radius 3 is 2.79 bits per heavy atom. The first kappa shape index (κ1) is 9.34. The van der Waals surface area contributed by atoms with Crippen LogP contribution in [0, 0.1) is 0 Å². The highest BCUT2D eigenvalue weighted by atomic mass is 16.5. The predicted molar refractivity (Wildman–Crippen MR) is 55.0 cm³/mol. The highest BCUT2D eigenvalue weighted by Crippen LogP contribution is 2.30. The van der Waals surface area contributed by atoms with Crippen molar-refractivity contribution in [3.8, 4) is 11.5 Å². The van der Waals surface area contributed by atoms with Gasteiger partial charge in [-0.1, -0.05) is 0 Å². The van der Waals surface area contributed by atoms with Crippen molar-refractivity contribution < 1.29 is 9.47 Å². The van der Waals surface area contributed by atoms with Gasteiger partial charge in [-0.15, -0.1) is 0 Å². The van der Waals surface area contributed by atoms with Crippen molar-refractivity contribution in [2.75, 3.05) is 20.8 Å². The first-order valence-electron chi connectivity index (χ1n) is 4.79. The van der Waals surface area contributed by atoms with Gasteiger partial charge in [0.05, 0.1) is 14.2 Å². The van der Waals surface area contributed by atoms with E-state index in [1.54, 1.807) is 14.2 Å². The summed E-state index contributed by atoms with van der Waals surface area (Å²) in [7, 11) is 3.38. The molecule has 0 fully saturated rings. The molecule has 1 aliphatic rings. The third-order valence-corrected chi connectivity index (χ3v) is 2.60. The van der Waals surface area contributed by atoms with Crippen LogP contribution in [0.1, 0.15) is 11.1 Å². The Bertz CT molecular complexity index is 319. The molecule has 14 heavy (non-hydrogen) atoms. The second kappa shape index (κ2) is 3.88. The third kappa shape index (κ3) is 1.55. The molecule has 1 heterocycles. The SMILES string of the molecule is COc1cc2c(c(OC)c1)CNCC2. The molecule has 0 aromatic heterocycles. The summed E-state index contributed by atoms with van der Waals surface area (Å²) in [5.74, 6) is 1.80.